The number of rotatable bonds is 6. The summed E-state index contributed by atoms with van der Waals surface area (Å²) in [4.78, 5) is 30.1. The van der Waals surface area contributed by atoms with Gasteiger partial charge in [0.05, 0.1) is 17.1 Å². The maximum atomic E-state index is 12.4. The van der Waals surface area contributed by atoms with Crippen molar-refractivity contribution in [1.82, 2.24) is 14.8 Å². The minimum atomic E-state index is -0.0913. The molecule has 0 N–H and O–H groups in total. The van der Waals surface area contributed by atoms with Gasteiger partial charge < -0.3 is 4.90 Å². The molecule has 6 nitrogen and oxygen atoms in total. The van der Waals surface area contributed by atoms with Crippen LogP contribution in [0.15, 0.2) is 48.8 Å². The second kappa shape index (κ2) is 8.35. The van der Waals surface area contributed by atoms with Crippen LogP contribution in [0.4, 0.5) is 5.69 Å². The summed E-state index contributed by atoms with van der Waals surface area (Å²) in [5, 5.41) is 4.73. The Bertz CT molecular complexity index is 1010. The summed E-state index contributed by atoms with van der Waals surface area (Å²) >= 11 is 6.42. The first-order valence-corrected chi connectivity index (χ1v) is 9.31. The van der Waals surface area contributed by atoms with Crippen LogP contribution in [0.1, 0.15) is 29.5 Å². The summed E-state index contributed by atoms with van der Waals surface area (Å²) in [7, 11) is 3.53. The van der Waals surface area contributed by atoms with E-state index in [0.717, 1.165) is 16.8 Å². The van der Waals surface area contributed by atoms with Gasteiger partial charge in [-0.1, -0.05) is 30.7 Å². The van der Waals surface area contributed by atoms with Crippen LogP contribution in [0, 0.1) is 0 Å². The number of hydrogen-bond acceptors (Lipinski definition) is 4. The predicted molar refractivity (Wildman–Crippen MR) is 110 cm³/mol. The molecule has 0 atom stereocenters. The lowest BCUT2D eigenvalue weighted by atomic mass is 10.1. The van der Waals surface area contributed by atoms with Crippen molar-refractivity contribution in [1.29, 1.82) is 0 Å². The van der Waals surface area contributed by atoms with Gasteiger partial charge in [0, 0.05) is 49.7 Å². The number of pyridine rings is 1. The molecule has 0 radical (unpaired) electrons. The van der Waals surface area contributed by atoms with Crippen LogP contribution in [-0.2, 0) is 18.3 Å². The van der Waals surface area contributed by atoms with Crippen LogP contribution in [0.2, 0.25) is 5.02 Å². The molecule has 3 aromatic rings. The molecular formula is C21H21ClN4O2. The number of nitrogens with zero attached hydrogens (tertiary/aromatic N) is 4. The molecule has 0 aliphatic heterocycles. The summed E-state index contributed by atoms with van der Waals surface area (Å²) in [5.74, 6) is -0.0762. The SMILES string of the molecule is CCC(=O)N(C)c1ccc(-c2ccc(C(=O)Cc3ccn(C)n3)nc2)c(Cl)c1. The molecule has 7 heteroatoms. The quantitative estimate of drug-likeness (QED) is 0.592. The molecule has 0 spiro atoms. The van der Waals surface area contributed by atoms with E-state index in [-0.39, 0.29) is 18.1 Å². The van der Waals surface area contributed by atoms with E-state index < -0.39 is 0 Å². The lowest BCUT2D eigenvalue weighted by molar-refractivity contribution is -0.118. The van der Waals surface area contributed by atoms with Crippen LogP contribution in [0.3, 0.4) is 0 Å². The number of aromatic nitrogens is 3. The number of carbonyl (C=O) groups excluding carboxylic acids is 2. The number of Topliss-reactive ketones (excluding diaryl/α,β-unsaturated/α-hetero) is 1. The Morgan fingerprint density at radius 1 is 1.18 bits per heavy atom. The third-order valence-electron chi connectivity index (χ3n) is 4.49. The zero-order chi connectivity index (χ0) is 20.3. The van der Waals surface area contributed by atoms with Crippen LogP contribution in [0.25, 0.3) is 11.1 Å². The monoisotopic (exact) mass is 396 g/mol. The molecule has 2 aromatic heterocycles. The fourth-order valence-corrected chi connectivity index (χ4v) is 3.14. The van der Waals surface area contributed by atoms with E-state index in [1.807, 2.05) is 38.2 Å². The molecule has 2 heterocycles. The highest BCUT2D eigenvalue weighted by atomic mass is 35.5. The molecule has 3 rings (SSSR count). The van der Waals surface area contributed by atoms with Gasteiger partial charge in [-0.15, -0.1) is 0 Å². The molecule has 0 aliphatic rings. The Morgan fingerprint density at radius 3 is 2.54 bits per heavy atom. The Balaban J connectivity index is 1.77. The van der Waals surface area contributed by atoms with Crippen LogP contribution in [0.5, 0.6) is 0 Å². The first-order chi connectivity index (χ1) is 13.4. The number of aryl methyl sites for hydroxylation is 1. The third kappa shape index (κ3) is 4.28. The predicted octanol–water partition coefficient (Wildman–Crippen LogP) is 3.93. The second-order valence-corrected chi connectivity index (χ2v) is 6.89. The van der Waals surface area contributed by atoms with Gasteiger partial charge in [0.25, 0.3) is 0 Å². The number of amides is 1. The van der Waals surface area contributed by atoms with E-state index in [1.54, 1.807) is 41.2 Å². The number of hydrogen-bond donors (Lipinski definition) is 0. The molecule has 28 heavy (non-hydrogen) atoms. The highest BCUT2D eigenvalue weighted by molar-refractivity contribution is 6.33. The Morgan fingerprint density at radius 2 is 1.96 bits per heavy atom. The van der Waals surface area contributed by atoms with Gasteiger partial charge in [-0.25, -0.2) is 0 Å². The average molecular weight is 397 g/mol. The highest BCUT2D eigenvalue weighted by Crippen LogP contribution is 2.31. The minimum Gasteiger partial charge on any atom is -0.315 e. The van der Waals surface area contributed by atoms with Gasteiger partial charge in [-0.05, 0) is 24.3 Å². The van der Waals surface area contributed by atoms with Crippen molar-refractivity contribution in [3.8, 4) is 11.1 Å². The largest absolute Gasteiger partial charge is 0.315 e. The molecular weight excluding hydrogens is 376 g/mol. The van der Waals surface area contributed by atoms with E-state index in [2.05, 4.69) is 10.1 Å². The highest BCUT2D eigenvalue weighted by Gasteiger charge is 2.14. The van der Waals surface area contributed by atoms with Crippen molar-refractivity contribution < 1.29 is 9.59 Å². The van der Waals surface area contributed by atoms with Crippen LogP contribution in [-0.4, -0.2) is 33.5 Å². The fraction of sp³-hybridized carbons (Fsp3) is 0.238. The van der Waals surface area contributed by atoms with Crippen LogP contribution >= 0.6 is 11.6 Å². The lowest BCUT2D eigenvalue weighted by Gasteiger charge is -2.17. The van der Waals surface area contributed by atoms with Gasteiger partial charge in [0.2, 0.25) is 5.91 Å². The number of benzene rings is 1. The average Bonchev–Trinajstić information content (AvgIpc) is 3.11. The second-order valence-electron chi connectivity index (χ2n) is 6.48. The van der Waals surface area contributed by atoms with Crippen molar-refractivity contribution in [3.05, 3.63) is 65.2 Å². The molecule has 1 aromatic carbocycles. The smallest absolute Gasteiger partial charge is 0.226 e. The van der Waals surface area contributed by atoms with Crippen molar-refractivity contribution in [3.63, 3.8) is 0 Å². The van der Waals surface area contributed by atoms with E-state index in [0.29, 0.717) is 22.8 Å². The molecule has 0 unspecified atom stereocenters. The maximum Gasteiger partial charge on any atom is 0.226 e. The van der Waals surface area contributed by atoms with Crippen molar-refractivity contribution >= 4 is 29.0 Å². The number of ketones is 1. The first kappa shape index (κ1) is 19.8. The third-order valence-corrected chi connectivity index (χ3v) is 4.80. The minimum absolute atomic E-state index is 0.0151. The van der Waals surface area contributed by atoms with E-state index in [1.165, 1.54) is 0 Å². The molecule has 1 amide bonds. The first-order valence-electron chi connectivity index (χ1n) is 8.93. The zero-order valence-corrected chi connectivity index (χ0v) is 16.8. The van der Waals surface area contributed by atoms with Gasteiger partial charge in [0.15, 0.2) is 5.78 Å². The van der Waals surface area contributed by atoms with Gasteiger partial charge in [-0.3, -0.25) is 19.3 Å². The van der Waals surface area contributed by atoms with Crippen molar-refractivity contribution in [2.24, 2.45) is 7.05 Å². The van der Waals surface area contributed by atoms with Crippen molar-refractivity contribution in [2.75, 3.05) is 11.9 Å². The van der Waals surface area contributed by atoms with Crippen LogP contribution < -0.4 is 4.90 Å². The van der Waals surface area contributed by atoms with E-state index in [4.69, 9.17) is 11.6 Å². The summed E-state index contributed by atoms with van der Waals surface area (Å²) in [6, 6.07) is 10.8. The summed E-state index contributed by atoms with van der Waals surface area (Å²) in [6.45, 7) is 1.82. The summed E-state index contributed by atoms with van der Waals surface area (Å²) < 4.78 is 1.66. The lowest BCUT2D eigenvalue weighted by Crippen LogP contribution is -2.24. The molecule has 0 fully saturated rings. The summed E-state index contributed by atoms with van der Waals surface area (Å²) in [5.41, 5.74) is 3.42. The maximum absolute atomic E-state index is 12.4. The van der Waals surface area contributed by atoms with E-state index in [9.17, 15) is 9.59 Å². The molecule has 144 valence electrons. The van der Waals surface area contributed by atoms with Gasteiger partial charge in [-0.2, -0.15) is 5.10 Å². The Hall–Kier alpha value is -2.99. The normalized spacial score (nSPS) is 10.7. The number of anilines is 1. The van der Waals surface area contributed by atoms with Crippen molar-refractivity contribution in [2.45, 2.75) is 19.8 Å². The van der Waals surface area contributed by atoms with Gasteiger partial charge >= 0.3 is 0 Å². The number of carbonyl (C=O) groups is 2. The standard InChI is InChI=1S/C21H21ClN4O2/c1-4-21(28)26(3)16-6-7-17(18(22)12-16)14-5-8-19(23-13-14)20(27)11-15-9-10-25(2)24-15/h5-10,12-13H,4,11H2,1-3H3. The molecule has 0 bridgehead atoms. The molecule has 0 saturated carbocycles. The molecule has 0 aliphatic carbocycles. The Kier molecular flexibility index (Phi) is 5.90. The topological polar surface area (TPSA) is 68.1 Å². The van der Waals surface area contributed by atoms with E-state index >= 15 is 0 Å². The Labute approximate surface area is 168 Å². The molecule has 0 saturated heterocycles. The fourth-order valence-electron chi connectivity index (χ4n) is 2.86. The number of halogens is 1. The summed E-state index contributed by atoms with van der Waals surface area (Å²) in [6.07, 6.45) is 4.07. The van der Waals surface area contributed by atoms with Gasteiger partial charge in [0.1, 0.15) is 5.69 Å². The zero-order valence-electron chi connectivity index (χ0n) is 16.0.